The fourth-order valence-electron chi connectivity index (χ4n) is 3.22. The number of halogens is 1. The number of para-hydroxylation sites is 1. The summed E-state index contributed by atoms with van der Waals surface area (Å²) < 4.78 is 17.8. The molecule has 0 saturated heterocycles. The maximum absolute atomic E-state index is 13.5. The molecule has 0 saturated carbocycles. The van der Waals surface area contributed by atoms with Crippen molar-refractivity contribution in [2.24, 2.45) is 0 Å². The molecule has 146 valence electrons. The maximum atomic E-state index is 13.5. The molecule has 0 amide bonds. The Labute approximate surface area is 173 Å². The van der Waals surface area contributed by atoms with E-state index in [1.807, 2.05) is 65.0 Å². The van der Waals surface area contributed by atoms with Crippen LogP contribution in [0.1, 0.15) is 5.56 Å². The molecule has 5 nitrogen and oxygen atoms in total. The van der Waals surface area contributed by atoms with E-state index >= 15 is 0 Å². The van der Waals surface area contributed by atoms with Gasteiger partial charge >= 0.3 is 0 Å². The molecule has 29 heavy (non-hydrogen) atoms. The molecule has 0 bridgehead atoms. The van der Waals surface area contributed by atoms with Crippen LogP contribution in [0.25, 0.3) is 17.1 Å². The fraction of sp³-hybridized carbons (Fsp3) is 0.136. The van der Waals surface area contributed by atoms with Crippen LogP contribution in [0.4, 0.5) is 4.39 Å². The first kappa shape index (κ1) is 19.2. The first-order valence-corrected chi connectivity index (χ1v) is 9.61. The van der Waals surface area contributed by atoms with Gasteiger partial charge in [-0.2, -0.15) is 0 Å². The van der Waals surface area contributed by atoms with Gasteiger partial charge in [0, 0.05) is 30.2 Å². The predicted molar refractivity (Wildman–Crippen MR) is 113 cm³/mol. The monoisotopic (exact) mass is 405 g/mol. The highest BCUT2D eigenvalue weighted by Crippen LogP contribution is 2.22. The van der Waals surface area contributed by atoms with Crippen molar-refractivity contribution in [3.63, 3.8) is 0 Å². The Kier molecular flexibility index (Phi) is 5.59. The van der Waals surface area contributed by atoms with Crippen molar-refractivity contribution >= 4 is 12.2 Å². The van der Waals surface area contributed by atoms with Gasteiger partial charge in [0.25, 0.3) is 0 Å². The highest BCUT2D eigenvalue weighted by atomic mass is 32.1. The van der Waals surface area contributed by atoms with Gasteiger partial charge in [0.05, 0.1) is 6.67 Å². The van der Waals surface area contributed by atoms with Gasteiger partial charge < -0.3 is 0 Å². The zero-order valence-corrected chi connectivity index (χ0v) is 16.8. The Hall–Kier alpha value is -3.16. The number of rotatable bonds is 6. The molecule has 4 rings (SSSR count). The summed E-state index contributed by atoms with van der Waals surface area (Å²) in [7, 11) is 1.96. The summed E-state index contributed by atoms with van der Waals surface area (Å²) in [5.41, 5.74) is 2.72. The van der Waals surface area contributed by atoms with E-state index in [0.29, 0.717) is 18.0 Å². The van der Waals surface area contributed by atoms with Crippen LogP contribution in [0.5, 0.6) is 0 Å². The van der Waals surface area contributed by atoms with Gasteiger partial charge in [-0.1, -0.05) is 30.3 Å². The van der Waals surface area contributed by atoms with E-state index in [-0.39, 0.29) is 5.82 Å². The van der Waals surface area contributed by atoms with E-state index in [0.717, 1.165) is 22.6 Å². The van der Waals surface area contributed by atoms with Gasteiger partial charge in [-0.15, -0.1) is 5.10 Å². The third-order valence-electron chi connectivity index (χ3n) is 4.49. The van der Waals surface area contributed by atoms with Crippen LogP contribution in [0, 0.1) is 10.6 Å². The number of nitrogens with zero attached hydrogens (tertiary/aromatic N) is 5. The molecule has 0 atom stereocenters. The molecule has 4 aromatic rings. The quantitative estimate of drug-likeness (QED) is 0.436. The zero-order chi connectivity index (χ0) is 20.2. The maximum Gasteiger partial charge on any atom is 0.204 e. The molecule has 2 heterocycles. The Morgan fingerprint density at radius 1 is 1.03 bits per heavy atom. The normalized spacial score (nSPS) is 11.1. The fourth-order valence-corrected chi connectivity index (χ4v) is 3.51. The lowest BCUT2D eigenvalue weighted by molar-refractivity contribution is 0.244. The Bertz CT molecular complexity index is 1150. The lowest BCUT2D eigenvalue weighted by Crippen LogP contribution is -2.22. The van der Waals surface area contributed by atoms with Crippen LogP contribution in [0.15, 0.2) is 79.1 Å². The first-order valence-electron chi connectivity index (χ1n) is 9.20. The van der Waals surface area contributed by atoms with E-state index < -0.39 is 0 Å². The second kappa shape index (κ2) is 8.46. The van der Waals surface area contributed by atoms with Gasteiger partial charge in [0.1, 0.15) is 5.82 Å². The lowest BCUT2D eigenvalue weighted by Gasteiger charge is -2.16. The van der Waals surface area contributed by atoms with E-state index in [2.05, 4.69) is 4.98 Å². The Morgan fingerprint density at radius 3 is 2.59 bits per heavy atom. The van der Waals surface area contributed by atoms with Gasteiger partial charge in [-0.05, 0) is 61.2 Å². The van der Waals surface area contributed by atoms with E-state index in [4.69, 9.17) is 17.3 Å². The van der Waals surface area contributed by atoms with Crippen molar-refractivity contribution in [1.29, 1.82) is 0 Å². The molecule has 0 unspecified atom stereocenters. The van der Waals surface area contributed by atoms with E-state index in [1.165, 1.54) is 6.07 Å². The molecule has 2 aromatic carbocycles. The van der Waals surface area contributed by atoms with Gasteiger partial charge in [0.15, 0.2) is 5.82 Å². The summed E-state index contributed by atoms with van der Waals surface area (Å²) in [4.78, 5) is 6.26. The Morgan fingerprint density at radius 2 is 1.86 bits per heavy atom. The molecule has 0 aliphatic rings. The number of hydrogen-bond acceptors (Lipinski definition) is 4. The molecule has 2 aromatic heterocycles. The predicted octanol–water partition coefficient (Wildman–Crippen LogP) is 4.69. The average Bonchev–Trinajstić information content (AvgIpc) is 3.05. The summed E-state index contributed by atoms with van der Waals surface area (Å²) in [6.07, 6.45) is 3.51. The molecule has 0 radical (unpaired) electrons. The van der Waals surface area contributed by atoms with Crippen LogP contribution in [0.2, 0.25) is 0 Å². The second-order valence-corrected chi connectivity index (χ2v) is 7.17. The van der Waals surface area contributed by atoms with E-state index in [1.54, 1.807) is 29.2 Å². The van der Waals surface area contributed by atoms with Crippen molar-refractivity contribution in [2.45, 2.75) is 13.2 Å². The minimum Gasteiger partial charge on any atom is -0.283 e. The summed E-state index contributed by atoms with van der Waals surface area (Å²) >= 11 is 5.75. The van der Waals surface area contributed by atoms with Crippen molar-refractivity contribution in [1.82, 2.24) is 24.2 Å². The molecule has 7 heteroatoms. The average molecular weight is 406 g/mol. The number of aromatic nitrogens is 4. The Balaban J connectivity index is 1.69. The highest BCUT2D eigenvalue weighted by Gasteiger charge is 2.15. The number of pyridine rings is 1. The highest BCUT2D eigenvalue weighted by molar-refractivity contribution is 7.71. The molecule has 0 fully saturated rings. The molecule has 0 N–H and O–H groups in total. The minimum atomic E-state index is -0.236. The van der Waals surface area contributed by atoms with Crippen molar-refractivity contribution in [2.75, 3.05) is 7.05 Å². The minimum absolute atomic E-state index is 0.236. The second-order valence-electron chi connectivity index (χ2n) is 6.80. The summed E-state index contributed by atoms with van der Waals surface area (Å²) in [6, 6.07) is 20.4. The van der Waals surface area contributed by atoms with Crippen LogP contribution in [-0.4, -0.2) is 31.3 Å². The van der Waals surface area contributed by atoms with Crippen LogP contribution < -0.4 is 0 Å². The molecular weight excluding hydrogens is 385 g/mol. The topological polar surface area (TPSA) is 38.9 Å². The number of benzene rings is 2. The SMILES string of the molecule is CN(Cc1cccc(F)c1)Cn1nc(-c2cccnc2)n(-c2ccccc2)c1=S. The van der Waals surface area contributed by atoms with Crippen molar-refractivity contribution in [3.8, 4) is 17.1 Å². The summed E-state index contributed by atoms with van der Waals surface area (Å²) in [6.45, 7) is 1.06. The van der Waals surface area contributed by atoms with Crippen LogP contribution in [-0.2, 0) is 13.2 Å². The largest absolute Gasteiger partial charge is 0.283 e. The van der Waals surface area contributed by atoms with Gasteiger partial charge in [-0.25, -0.2) is 9.07 Å². The zero-order valence-electron chi connectivity index (χ0n) is 15.9. The molecule has 0 aliphatic heterocycles. The van der Waals surface area contributed by atoms with E-state index in [9.17, 15) is 4.39 Å². The summed E-state index contributed by atoms with van der Waals surface area (Å²) in [5.74, 6) is 0.494. The summed E-state index contributed by atoms with van der Waals surface area (Å²) in [5, 5.41) is 4.78. The van der Waals surface area contributed by atoms with Gasteiger partial charge in [-0.3, -0.25) is 14.5 Å². The molecular formula is C22H20FN5S. The smallest absolute Gasteiger partial charge is 0.204 e. The van der Waals surface area contributed by atoms with Crippen LogP contribution in [0.3, 0.4) is 0 Å². The van der Waals surface area contributed by atoms with Crippen molar-refractivity contribution in [3.05, 3.63) is 95.3 Å². The first-order chi connectivity index (χ1) is 14.1. The standard InChI is InChI=1S/C22H20FN5S/c1-26(15-17-7-5-9-19(23)13-17)16-27-22(29)28(20-10-3-2-4-11-20)21(25-27)18-8-6-12-24-14-18/h2-14H,15-16H2,1H3. The third kappa shape index (κ3) is 4.31. The van der Waals surface area contributed by atoms with Crippen LogP contribution >= 0.6 is 12.2 Å². The lowest BCUT2D eigenvalue weighted by atomic mass is 10.2. The van der Waals surface area contributed by atoms with Gasteiger partial charge in [0.2, 0.25) is 4.77 Å². The van der Waals surface area contributed by atoms with Crippen molar-refractivity contribution < 1.29 is 4.39 Å². The number of hydrogen-bond donors (Lipinski definition) is 0. The third-order valence-corrected chi connectivity index (χ3v) is 4.88. The molecule has 0 aliphatic carbocycles. The molecule has 0 spiro atoms.